The summed E-state index contributed by atoms with van der Waals surface area (Å²) in [5.41, 5.74) is 3.03. The van der Waals surface area contributed by atoms with Crippen LogP contribution >= 0.6 is 0 Å². The number of nitrogens with zero attached hydrogens (tertiary/aromatic N) is 1. The Morgan fingerprint density at radius 3 is 2.82 bits per heavy atom. The first-order valence-electron chi connectivity index (χ1n) is 10.4. The van der Waals surface area contributed by atoms with E-state index in [0.717, 1.165) is 44.2 Å². The van der Waals surface area contributed by atoms with E-state index < -0.39 is 15.4 Å². The van der Waals surface area contributed by atoms with E-state index >= 15 is 0 Å². The summed E-state index contributed by atoms with van der Waals surface area (Å²) in [6, 6.07) is 6.91. The van der Waals surface area contributed by atoms with Crippen LogP contribution < -0.4 is 0 Å². The van der Waals surface area contributed by atoms with Crippen LogP contribution in [0.4, 0.5) is 0 Å². The molecule has 1 atom stereocenters. The number of fused-ring (bicyclic) bond motifs is 1. The van der Waals surface area contributed by atoms with Crippen LogP contribution in [-0.2, 0) is 22.7 Å². The van der Waals surface area contributed by atoms with Gasteiger partial charge in [0.25, 0.3) is 0 Å². The number of hydrogen-bond acceptors (Lipinski definition) is 4. The van der Waals surface area contributed by atoms with Gasteiger partial charge in [-0.25, -0.2) is 8.42 Å². The molecule has 1 fully saturated rings. The Balaban J connectivity index is 1.70. The molecule has 0 unspecified atom stereocenters. The zero-order chi connectivity index (χ0) is 20.4. The van der Waals surface area contributed by atoms with Crippen LogP contribution in [0.1, 0.15) is 51.2 Å². The van der Waals surface area contributed by atoms with E-state index in [2.05, 4.69) is 34.3 Å². The van der Waals surface area contributed by atoms with Gasteiger partial charge in [0.15, 0.2) is 9.84 Å². The van der Waals surface area contributed by atoms with Crippen molar-refractivity contribution in [2.45, 2.75) is 64.5 Å². The van der Waals surface area contributed by atoms with E-state index in [1.165, 1.54) is 16.5 Å². The Kier molecular flexibility index (Phi) is 6.52. The Morgan fingerprint density at radius 2 is 2.11 bits per heavy atom. The number of aliphatic hydroxyl groups is 1. The Labute approximate surface area is 169 Å². The van der Waals surface area contributed by atoms with Crippen molar-refractivity contribution in [3.8, 4) is 0 Å². The molecule has 1 saturated heterocycles. The SMILES string of the molecule is CCS(=O)(=O)CCN1CCC[C@@H]1Cc1c[nH]c2ccc(CCC(C)(C)O)cc12. The largest absolute Gasteiger partial charge is 0.390 e. The molecule has 3 rings (SSSR count). The lowest BCUT2D eigenvalue weighted by atomic mass is 9.96. The van der Waals surface area contributed by atoms with Crippen molar-refractivity contribution in [3.63, 3.8) is 0 Å². The number of benzene rings is 1. The molecule has 2 N–H and O–H groups in total. The number of aromatic nitrogens is 1. The van der Waals surface area contributed by atoms with Crippen LogP contribution in [0, 0.1) is 0 Å². The lowest BCUT2D eigenvalue weighted by Gasteiger charge is -2.24. The highest BCUT2D eigenvalue weighted by Gasteiger charge is 2.26. The van der Waals surface area contributed by atoms with Crippen molar-refractivity contribution in [2.75, 3.05) is 24.6 Å². The van der Waals surface area contributed by atoms with Gasteiger partial charge in [-0.3, -0.25) is 4.90 Å². The summed E-state index contributed by atoms with van der Waals surface area (Å²) in [5, 5.41) is 11.2. The molecule has 156 valence electrons. The standard InChI is InChI=1S/C22H34N2O3S/c1-4-28(26,27)13-12-24-11-5-6-19(24)15-18-16-23-21-8-7-17(14-20(18)21)9-10-22(2,3)25/h7-8,14,16,19,23,25H,4-6,9-13,15H2,1-3H3/t19-/m1/s1. The fourth-order valence-corrected chi connectivity index (χ4v) is 4.88. The number of aryl methyl sites for hydroxylation is 1. The van der Waals surface area contributed by atoms with E-state index in [9.17, 15) is 13.5 Å². The second-order valence-corrected chi connectivity index (χ2v) is 11.3. The molecular weight excluding hydrogens is 372 g/mol. The first-order chi connectivity index (χ1) is 13.2. The number of H-pyrrole nitrogens is 1. The van der Waals surface area contributed by atoms with Gasteiger partial charge in [0, 0.05) is 35.4 Å². The number of rotatable bonds is 9. The molecule has 0 amide bonds. The summed E-state index contributed by atoms with van der Waals surface area (Å²) >= 11 is 0. The number of aromatic amines is 1. The molecule has 0 aliphatic carbocycles. The van der Waals surface area contributed by atoms with Crippen molar-refractivity contribution in [1.29, 1.82) is 0 Å². The molecule has 1 aromatic carbocycles. The minimum atomic E-state index is -2.92. The summed E-state index contributed by atoms with van der Waals surface area (Å²) in [6.45, 7) is 7.04. The monoisotopic (exact) mass is 406 g/mol. The van der Waals surface area contributed by atoms with Gasteiger partial charge in [-0.1, -0.05) is 13.0 Å². The number of nitrogens with one attached hydrogen (secondary N) is 1. The third-order valence-electron chi connectivity index (χ3n) is 5.94. The zero-order valence-electron chi connectivity index (χ0n) is 17.4. The summed E-state index contributed by atoms with van der Waals surface area (Å²) in [6.07, 6.45) is 6.90. The normalized spacial score (nSPS) is 18.9. The van der Waals surface area contributed by atoms with Crippen molar-refractivity contribution in [2.24, 2.45) is 0 Å². The van der Waals surface area contributed by atoms with Gasteiger partial charge < -0.3 is 10.1 Å². The molecule has 0 bridgehead atoms. The average molecular weight is 407 g/mol. The fourth-order valence-electron chi connectivity index (χ4n) is 4.08. The van der Waals surface area contributed by atoms with E-state index in [1.807, 2.05) is 13.8 Å². The third-order valence-corrected chi connectivity index (χ3v) is 7.63. The molecule has 1 aliphatic rings. The molecule has 0 radical (unpaired) electrons. The first-order valence-corrected chi connectivity index (χ1v) is 12.2. The number of hydrogen-bond donors (Lipinski definition) is 2. The average Bonchev–Trinajstić information content (AvgIpc) is 3.25. The summed E-state index contributed by atoms with van der Waals surface area (Å²) in [7, 11) is -2.92. The fraction of sp³-hybridized carbons (Fsp3) is 0.636. The van der Waals surface area contributed by atoms with Gasteiger partial charge in [0.1, 0.15) is 0 Å². The van der Waals surface area contributed by atoms with Gasteiger partial charge in [-0.15, -0.1) is 0 Å². The lowest BCUT2D eigenvalue weighted by Crippen LogP contribution is -2.35. The second-order valence-electron chi connectivity index (χ2n) is 8.78. The molecule has 5 nitrogen and oxygen atoms in total. The molecule has 2 heterocycles. The molecule has 0 saturated carbocycles. The van der Waals surface area contributed by atoms with Gasteiger partial charge >= 0.3 is 0 Å². The van der Waals surface area contributed by atoms with Crippen molar-refractivity contribution in [1.82, 2.24) is 9.88 Å². The maximum atomic E-state index is 11.9. The highest BCUT2D eigenvalue weighted by Crippen LogP contribution is 2.27. The molecule has 1 aromatic heterocycles. The van der Waals surface area contributed by atoms with Gasteiger partial charge in [-0.2, -0.15) is 0 Å². The van der Waals surface area contributed by atoms with Crippen LogP contribution in [0.15, 0.2) is 24.4 Å². The Bertz CT molecular complexity index is 896. The van der Waals surface area contributed by atoms with Gasteiger partial charge in [0.05, 0.1) is 11.4 Å². The molecule has 0 spiro atoms. The topological polar surface area (TPSA) is 73.4 Å². The smallest absolute Gasteiger partial charge is 0.151 e. The maximum absolute atomic E-state index is 11.9. The first kappa shape index (κ1) is 21.3. The van der Waals surface area contributed by atoms with Crippen LogP contribution in [0.25, 0.3) is 10.9 Å². The van der Waals surface area contributed by atoms with Gasteiger partial charge in [0.2, 0.25) is 0 Å². The molecule has 1 aliphatic heterocycles. The summed E-state index contributed by atoms with van der Waals surface area (Å²) in [5.74, 6) is 0.482. The maximum Gasteiger partial charge on any atom is 0.151 e. The van der Waals surface area contributed by atoms with Crippen LogP contribution in [0.2, 0.25) is 0 Å². The van der Waals surface area contributed by atoms with E-state index in [-0.39, 0.29) is 11.5 Å². The van der Waals surface area contributed by atoms with Crippen molar-refractivity contribution >= 4 is 20.7 Å². The van der Waals surface area contributed by atoms with Crippen molar-refractivity contribution < 1.29 is 13.5 Å². The predicted molar refractivity (Wildman–Crippen MR) is 116 cm³/mol. The van der Waals surface area contributed by atoms with Crippen LogP contribution in [-0.4, -0.2) is 59.6 Å². The highest BCUT2D eigenvalue weighted by atomic mass is 32.2. The minimum absolute atomic E-state index is 0.224. The molecule has 28 heavy (non-hydrogen) atoms. The summed E-state index contributed by atoms with van der Waals surface area (Å²) in [4.78, 5) is 5.73. The van der Waals surface area contributed by atoms with E-state index in [1.54, 1.807) is 6.92 Å². The van der Waals surface area contributed by atoms with Gasteiger partial charge in [-0.05, 0) is 75.8 Å². The lowest BCUT2D eigenvalue weighted by molar-refractivity contribution is 0.0714. The van der Waals surface area contributed by atoms with E-state index in [0.29, 0.717) is 12.6 Å². The van der Waals surface area contributed by atoms with Crippen LogP contribution in [0.3, 0.4) is 0 Å². The highest BCUT2D eigenvalue weighted by molar-refractivity contribution is 7.91. The van der Waals surface area contributed by atoms with E-state index in [4.69, 9.17) is 0 Å². The zero-order valence-corrected chi connectivity index (χ0v) is 18.2. The molecule has 6 heteroatoms. The minimum Gasteiger partial charge on any atom is -0.390 e. The third kappa shape index (κ3) is 5.58. The quantitative estimate of drug-likeness (QED) is 0.670. The number of likely N-dealkylation sites (tertiary alicyclic amines) is 1. The number of sulfone groups is 1. The summed E-state index contributed by atoms with van der Waals surface area (Å²) < 4.78 is 23.7. The molecular formula is C22H34N2O3S. The Hall–Kier alpha value is -1.37. The second kappa shape index (κ2) is 8.56. The van der Waals surface area contributed by atoms with Crippen LogP contribution in [0.5, 0.6) is 0 Å². The predicted octanol–water partition coefficient (Wildman–Crippen LogP) is 3.31. The Morgan fingerprint density at radius 1 is 1.32 bits per heavy atom. The van der Waals surface area contributed by atoms with Crippen molar-refractivity contribution in [3.05, 3.63) is 35.5 Å². The molecule has 2 aromatic rings.